The number of thioether (sulfide) groups is 1. The van der Waals surface area contributed by atoms with Crippen LogP contribution in [0, 0.1) is 0 Å². The molecule has 0 spiro atoms. The average molecular weight is 485 g/mol. The number of hydrogen-bond donors (Lipinski definition) is 1. The molecule has 3 rings (SSSR count). The third kappa shape index (κ3) is 5.96. The summed E-state index contributed by atoms with van der Waals surface area (Å²) in [6, 6.07) is 11.4. The van der Waals surface area contributed by atoms with Crippen LogP contribution in [0.4, 0.5) is 10.5 Å². The zero-order valence-electron chi connectivity index (χ0n) is 19.0. The van der Waals surface area contributed by atoms with Gasteiger partial charge in [-0.3, -0.25) is 19.3 Å². The fraction of sp³-hybridized carbons (Fsp3) is 0.250. The molecule has 10 heteroatoms. The Morgan fingerprint density at radius 2 is 1.74 bits per heavy atom. The van der Waals surface area contributed by atoms with E-state index in [1.165, 1.54) is 14.2 Å². The van der Waals surface area contributed by atoms with Crippen LogP contribution in [0.25, 0.3) is 6.08 Å². The zero-order valence-corrected chi connectivity index (χ0v) is 19.8. The van der Waals surface area contributed by atoms with Crippen LogP contribution in [0.5, 0.6) is 11.5 Å². The minimum Gasteiger partial charge on any atom is -0.493 e. The first-order valence-electron chi connectivity index (χ1n) is 10.4. The van der Waals surface area contributed by atoms with Gasteiger partial charge in [0.15, 0.2) is 11.5 Å². The number of anilines is 1. The lowest BCUT2D eigenvalue weighted by Gasteiger charge is -2.12. The maximum Gasteiger partial charge on any atom is 0.338 e. The van der Waals surface area contributed by atoms with Crippen LogP contribution in [0.1, 0.15) is 29.3 Å². The third-order valence-corrected chi connectivity index (χ3v) is 5.73. The molecule has 1 aliphatic rings. The number of benzene rings is 2. The highest BCUT2D eigenvalue weighted by Gasteiger charge is 2.35. The molecule has 0 aliphatic carbocycles. The number of nitrogens with one attached hydrogen (secondary N) is 1. The van der Waals surface area contributed by atoms with E-state index in [0.717, 1.165) is 16.7 Å². The Kier molecular flexibility index (Phi) is 8.31. The van der Waals surface area contributed by atoms with Crippen molar-refractivity contribution in [1.82, 2.24) is 4.90 Å². The van der Waals surface area contributed by atoms with Crippen molar-refractivity contribution in [3.8, 4) is 11.5 Å². The van der Waals surface area contributed by atoms with Crippen molar-refractivity contribution in [1.29, 1.82) is 0 Å². The summed E-state index contributed by atoms with van der Waals surface area (Å²) in [7, 11) is 3.03. The molecule has 1 N–H and O–H groups in total. The topological polar surface area (TPSA) is 111 Å². The third-order valence-electron chi connectivity index (χ3n) is 4.82. The van der Waals surface area contributed by atoms with Gasteiger partial charge in [0.25, 0.3) is 11.1 Å². The van der Waals surface area contributed by atoms with E-state index in [1.807, 2.05) is 0 Å². The Balaban J connectivity index is 1.58. The molecular weight excluding hydrogens is 460 g/mol. The van der Waals surface area contributed by atoms with Crippen molar-refractivity contribution in [3.05, 3.63) is 58.5 Å². The van der Waals surface area contributed by atoms with Crippen molar-refractivity contribution in [2.45, 2.75) is 13.3 Å². The molecule has 0 bridgehead atoms. The molecule has 1 aliphatic heterocycles. The van der Waals surface area contributed by atoms with Crippen LogP contribution in [-0.2, 0) is 14.3 Å². The molecule has 0 radical (unpaired) electrons. The normalized spacial score (nSPS) is 14.3. The Morgan fingerprint density at radius 1 is 1.03 bits per heavy atom. The van der Waals surface area contributed by atoms with E-state index in [0.29, 0.717) is 28.3 Å². The largest absolute Gasteiger partial charge is 0.493 e. The van der Waals surface area contributed by atoms with Gasteiger partial charge in [0, 0.05) is 18.7 Å². The van der Waals surface area contributed by atoms with Crippen LogP contribution in [0.15, 0.2) is 47.4 Å². The van der Waals surface area contributed by atoms with Gasteiger partial charge in [0.05, 0.1) is 31.3 Å². The molecule has 1 fully saturated rings. The van der Waals surface area contributed by atoms with Crippen LogP contribution in [-0.4, -0.2) is 55.3 Å². The number of methoxy groups -OCH3 is 2. The van der Waals surface area contributed by atoms with Crippen LogP contribution < -0.4 is 14.8 Å². The monoisotopic (exact) mass is 484 g/mol. The van der Waals surface area contributed by atoms with E-state index in [9.17, 15) is 19.2 Å². The number of nitrogens with zero attached hydrogens (tertiary/aromatic N) is 1. The molecule has 178 valence electrons. The van der Waals surface area contributed by atoms with Gasteiger partial charge in [0.2, 0.25) is 5.91 Å². The molecule has 0 atom stereocenters. The summed E-state index contributed by atoms with van der Waals surface area (Å²) < 4.78 is 15.4. The maximum absolute atomic E-state index is 12.7. The Hall–Kier alpha value is -3.79. The van der Waals surface area contributed by atoms with Gasteiger partial charge in [-0.1, -0.05) is 6.07 Å². The predicted molar refractivity (Wildman–Crippen MR) is 128 cm³/mol. The standard InChI is InChI=1S/C24H24N2O7S/c1-4-33-23(29)16-6-8-17(9-7-16)25-21(27)11-12-26-22(28)20(34-24(26)30)14-15-5-10-18(31-2)19(13-15)32-3/h5-10,13-14H,4,11-12H2,1-3H3,(H,25,27)/b20-14-. The summed E-state index contributed by atoms with van der Waals surface area (Å²) in [4.78, 5) is 50.4. The Labute approximate surface area is 201 Å². The van der Waals surface area contributed by atoms with Gasteiger partial charge in [-0.05, 0) is 66.7 Å². The van der Waals surface area contributed by atoms with Crippen molar-refractivity contribution in [2.75, 3.05) is 32.7 Å². The van der Waals surface area contributed by atoms with Crippen molar-refractivity contribution < 1.29 is 33.4 Å². The molecular formula is C24H24N2O7S. The molecule has 0 aromatic heterocycles. The summed E-state index contributed by atoms with van der Waals surface area (Å²) >= 11 is 0.815. The Morgan fingerprint density at radius 3 is 2.38 bits per heavy atom. The average Bonchev–Trinajstić information content (AvgIpc) is 3.10. The van der Waals surface area contributed by atoms with E-state index >= 15 is 0 Å². The fourth-order valence-corrected chi connectivity index (χ4v) is 3.99. The molecule has 1 saturated heterocycles. The first-order chi connectivity index (χ1) is 16.4. The minimum absolute atomic E-state index is 0.0549. The van der Waals surface area contributed by atoms with Gasteiger partial charge >= 0.3 is 5.97 Å². The predicted octanol–water partition coefficient (Wildman–Crippen LogP) is 3.95. The van der Waals surface area contributed by atoms with E-state index in [-0.39, 0.29) is 30.4 Å². The van der Waals surface area contributed by atoms with Crippen molar-refractivity contribution >= 4 is 46.5 Å². The van der Waals surface area contributed by atoms with Crippen LogP contribution in [0.2, 0.25) is 0 Å². The quantitative estimate of drug-likeness (QED) is 0.421. The number of hydrogen-bond acceptors (Lipinski definition) is 8. The van der Waals surface area contributed by atoms with Crippen LogP contribution >= 0.6 is 11.8 Å². The van der Waals surface area contributed by atoms with E-state index in [2.05, 4.69) is 5.32 Å². The number of imide groups is 1. The molecule has 34 heavy (non-hydrogen) atoms. The maximum atomic E-state index is 12.7. The molecule has 0 saturated carbocycles. The number of rotatable bonds is 9. The highest BCUT2D eigenvalue weighted by atomic mass is 32.2. The second kappa shape index (κ2) is 11.4. The Bertz CT molecular complexity index is 1130. The molecule has 3 amide bonds. The number of esters is 1. The molecule has 0 unspecified atom stereocenters. The van der Waals surface area contributed by atoms with E-state index in [1.54, 1.807) is 55.5 Å². The summed E-state index contributed by atoms with van der Waals surface area (Å²) in [5, 5.41) is 2.24. The zero-order chi connectivity index (χ0) is 24.7. The lowest BCUT2D eigenvalue weighted by Crippen LogP contribution is -2.31. The minimum atomic E-state index is -0.462. The summed E-state index contributed by atoms with van der Waals surface area (Å²) in [6.07, 6.45) is 1.53. The SMILES string of the molecule is CCOC(=O)c1ccc(NC(=O)CCN2C(=O)S/C(=C\c3ccc(OC)c(OC)c3)C2=O)cc1. The number of carbonyl (C=O) groups is 4. The van der Waals surface area contributed by atoms with E-state index in [4.69, 9.17) is 14.2 Å². The number of amides is 3. The van der Waals surface area contributed by atoms with Crippen molar-refractivity contribution in [3.63, 3.8) is 0 Å². The first-order valence-corrected chi connectivity index (χ1v) is 11.2. The van der Waals surface area contributed by atoms with Crippen LogP contribution in [0.3, 0.4) is 0 Å². The lowest BCUT2D eigenvalue weighted by molar-refractivity contribution is -0.123. The fourth-order valence-electron chi connectivity index (χ4n) is 3.13. The first kappa shape index (κ1) is 24.8. The van der Waals surface area contributed by atoms with Gasteiger partial charge in [0.1, 0.15) is 0 Å². The second-order valence-electron chi connectivity index (χ2n) is 7.04. The summed E-state index contributed by atoms with van der Waals surface area (Å²) in [5.41, 5.74) is 1.53. The highest BCUT2D eigenvalue weighted by Crippen LogP contribution is 2.34. The van der Waals surface area contributed by atoms with Crippen molar-refractivity contribution in [2.24, 2.45) is 0 Å². The van der Waals surface area contributed by atoms with Gasteiger partial charge in [-0.2, -0.15) is 0 Å². The molecule has 2 aromatic carbocycles. The lowest BCUT2D eigenvalue weighted by atomic mass is 10.2. The summed E-state index contributed by atoms with van der Waals surface area (Å²) in [5.74, 6) is -0.221. The van der Waals surface area contributed by atoms with Gasteiger partial charge < -0.3 is 19.5 Å². The second-order valence-corrected chi connectivity index (χ2v) is 8.04. The van der Waals surface area contributed by atoms with Gasteiger partial charge in [-0.25, -0.2) is 4.79 Å². The smallest absolute Gasteiger partial charge is 0.338 e. The number of carbonyl (C=O) groups excluding carboxylic acids is 4. The summed E-state index contributed by atoms with van der Waals surface area (Å²) in [6.45, 7) is 1.94. The van der Waals surface area contributed by atoms with Gasteiger partial charge in [-0.15, -0.1) is 0 Å². The highest BCUT2D eigenvalue weighted by molar-refractivity contribution is 8.18. The molecule has 1 heterocycles. The van der Waals surface area contributed by atoms with E-state index < -0.39 is 17.1 Å². The molecule has 2 aromatic rings. The molecule has 9 nitrogen and oxygen atoms in total. The number of ether oxygens (including phenoxy) is 3.